The smallest absolute Gasteiger partial charge is 0.441 e. The maximum Gasteiger partial charge on any atom is 0.573 e. The highest BCUT2D eigenvalue weighted by Crippen LogP contribution is 2.44. The predicted molar refractivity (Wildman–Crippen MR) is 119 cm³/mol. The van der Waals surface area contributed by atoms with Gasteiger partial charge >= 0.3 is 12.5 Å². The van der Waals surface area contributed by atoms with Gasteiger partial charge in [-0.1, -0.05) is 18.2 Å². The standard InChI is InChI=1S/C23H22F3N3O3.ClH/c1-14-4-2-3-5-19(14)29-13-22(32-21(29)30)10-8-15(9-11-22)20-27-17-7-6-16(12-18(17)28-20)31-23(24,25)26;/h2-7,12,15H,8-11,13H2,1H3,(H,27,28);1H. The van der Waals surface area contributed by atoms with Crippen LogP contribution in [0.2, 0.25) is 0 Å². The summed E-state index contributed by atoms with van der Waals surface area (Å²) in [4.78, 5) is 22.0. The molecule has 10 heteroatoms. The van der Waals surface area contributed by atoms with E-state index in [2.05, 4.69) is 14.7 Å². The van der Waals surface area contributed by atoms with Crippen LogP contribution < -0.4 is 9.64 Å². The SMILES string of the molecule is Cc1ccccc1N1CC2(CCC(c3nc4cc(OC(F)(F)F)ccc4[nH]3)CC2)OC1=O.Cl. The number of benzene rings is 2. The van der Waals surface area contributed by atoms with Crippen LogP contribution in [0, 0.1) is 6.92 Å². The first-order chi connectivity index (χ1) is 15.2. The second-order valence-corrected chi connectivity index (χ2v) is 8.55. The summed E-state index contributed by atoms with van der Waals surface area (Å²) in [6, 6.07) is 11.8. The summed E-state index contributed by atoms with van der Waals surface area (Å²) in [6.45, 7) is 2.49. The highest BCUT2D eigenvalue weighted by Gasteiger charge is 2.48. The molecule has 1 spiro atoms. The average molecular weight is 482 g/mol. The minimum absolute atomic E-state index is 0. The van der Waals surface area contributed by atoms with Gasteiger partial charge in [0.25, 0.3) is 0 Å². The predicted octanol–water partition coefficient (Wildman–Crippen LogP) is 6.24. The number of H-pyrrole nitrogens is 1. The van der Waals surface area contributed by atoms with Crippen LogP contribution in [0.15, 0.2) is 42.5 Å². The first-order valence-electron chi connectivity index (χ1n) is 10.5. The Labute approximate surface area is 194 Å². The lowest BCUT2D eigenvalue weighted by Crippen LogP contribution is -2.38. The van der Waals surface area contributed by atoms with Crippen LogP contribution in [0.3, 0.4) is 0 Å². The Morgan fingerprint density at radius 2 is 1.91 bits per heavy atom. The zero-order valence-electron chi connectivity index (χ0n) is 17.8. The van der Waals surface area contributed by atoms with Crippen molar-refractivity contribution in [1.29, 1.82) is 0 Å². The number of rotatable bonds is 3. The minimum atomic E-state index is -4.74. The number of carbonyl (C=O) groups is 1. The monoisotopic (exact) mass is 481 g/mol. The van der Waals surface area contributed by atoms with Crippen LogP contribution >= 0.6 is 12.4 Å². The molecule has 1 saturated heterocycles. The maximum absolute atomic E-state index is 12.6. The number of para-hydroxylation sites is 1. The molecule has 3 aromatic rings. The summed E-state index contributed by atoms with van der Waals surface area (Å²) in [5.41, 5.74) is 2.46. The number of aryl methyl sites for hydroxylation is 1. The molecule has 1 aliphatic heterocycles. The number of imidazole rings is 1. The molecule has 1 amide bonds. The second-order valence-electron chi connectivity index (χ2n) is 8.55. The number of hydrogen-bond donors (Lipinski definition) is 1. The van der Waals surface area contributed by atoms with Crippen molar-refractivity contribution in [2.75, 3.05) is 11.4 Å². The number of carbonyl (C=O) groups excluding carboxylic acids is 1. The summed E-state index contributed by atoms with van der Waals surface area (Å²) < 4.78 is 47.3. The number of aromatic nitrogens is 2. The van der Waals surface area contributed by atoms with E-state index in [1.165, 1.54) is 18.2 Å². The molecule has 176 valence electrons. The van der Waals surface area contributed by atoms with Crippen LogP contribution in [0.1, 0.15) is 43.0 Å². The van der Waals surface area contributed by atoms with Crippen molar-refractivity contribution in [3.63, 3.8) is 0 Å². The molecule has 1 N–H and O–H groups in total. The lowest BCUT2D eigenvalue weighted by Gasteiger charge is -2.34. The number of amides is 1. The van der Waals surface area contributed by atoms with Gasteiger partial charge in [0.2, 0.25) is 0 Å². The number of hydrogen-bond acceptors (Lipinski definition) is 4. The van der Waals surface area contributed by atoms with Crippen molar-refractivity contribution in [1.82, 2.24) is 9.97 Å². The number of alkyl halides is 3. The van der Waals surface area contributed by atoms with E-state index < -0.39 is 12.0 Å². The van der Waals surface area contributed by atoms with Crippen LogP contribution in [-0.4, -0.2) is 34.6 Å². The number of nitrogens with one attached hydrogen (secondary N) is 1. The lowest BCUT2D eigenvalue weighted by atomic mass is 9.78. The lowest BCUT2D eigenvalue weighted by molar-refractivity contribution is -0.274. The van der Waals surface area contributed by atoms with Crippen molar-refractivity contribution in [3.05, 3.63) is 53.9 Å². The van der Waals surface area contributed by atoms with Crippen molar-refractivity contribution >= 4 is 35.2 Å². The molecular weight excluding hydrogens is 459 g/mol. The average Bonchev–Trinajstić information content (AvgIpc) is 3.28. The largest absolute Gasteiger partial charge is 0.573 e. The fourth-order valence-corrected chi connectivity index (χ4v) is 4.75. The zero-order valence-corrected chi connectivity index (χ0v) is 18.6. The quantitative estimate of drug-likeness (QED) is 0.480. The molecule has 0 radical (unpaired) electrons. The molecule has 5 rings (SSSR count). The summed E-state index contributed by atoms with van der Waals surface area (Å²) in [7, 11) is 0. The van der Waals surface area contributed by atoms with Crippen LogP contribution in [0.25, 0.3) is 11.0 Å². The molecular formula is C23H23ClF3N3O3. The molecule has 2 aromatic carbocycles. The number of aromatic amines is 1. The van der Waals surface area contributed by atoms with Gasteiger partial charge < -0.3 is 14.5 Å². The Morgan fingerprint density at radius 1 is 1.18 bits per heavy atom. The van der Waals surface area contributed by atoms with Crippen LogP contribution in [-0.2, 0) is 4.74 Å². The van der Waals surface area contributed by atoms with Gasteiger partial charge in [0.15, 0.2) is 0 Å². The first kappa shape index (κ1) is 23.2. The van der Waals surface area contributed by atoms with Crippen molar-refractivity contribution in [2.45, 2.75) is 50.5 Å². The molecule has 0 bridgehead atoms. The van der Waals surface area contributed by atoms with Gasteiger partial charge in [0.1, 0.15) is 17.2 Å². The number of anilines is 1. The van der Waals surface area contributed by atoms with E-state index in [1.54, 1.807) is 4.90 Å². The van der Waals surface area contributed by atoms with E-state index >= 15 is 0 Å². The normalized spacial score (nSPS) is 23.0. The molecule has 1 aliphatic carbocycles. The molecule has 1 aromatic heterocycles. The van der Waals surface area contributed by atoms with Gasteiger partial charge in [-0.3, -0.25) is 4.90 Å². The summed E-state index contributed by atoms with van der Waals surface area (Å²) in [5, 5.41) is 0. The minimum Gasteiger partial charge on any atom is -0.441 e. The van der Waals surface area contributed by atoms with Gasteiger partial charge in [-0.15, -0.1) is 25.6 Å². The van der Waals surface area contributed by atoms with E-state index in [0.717, 1.165) is 29.9 Å². The fraction of sp³-hybridized carbons (Fsp3) is 0.391. The zero-order chi connectivity index (χ0) is 22.5. The Hall–Kier alpha value is -2.94. The van der Waals surface area contributed by atoms with Gasteiger partial charge in [0.05, 0.1) is 23.3 Å². The van der Waals surface area contributed by atoms with Gasteiger partial charge in [-0.2, -0.15) is 0 Å². The topological polar surface area (TPSA) is 67.5 Å². The highest BCUT2D eigenvalue weighted by atomic mass is 35.5. The maximum atomic E-state index is 12.6. The first-order valence-corrected chi connectivity index (χ1v) is 10.5. The molecule has 2 fully saturated rings. The third-order valence-corrected chi connectivity index (χ3v) is 6.37. The van der Waals surface area contributed by atoms with E-state index in [-0.39, 0.29) is 30.2 Å². The molecule has 33 heavy (non-hydrogen) atoms. The third-order valence-electron chi connectivity index (χ3n) is 6.37. The second kappa shape index (κ2) is 8.44. The van der Waals surface area contributed by atoms with Gasteiger partial charge in [0, 0.05) is 12.0 Å². The van der Waals surface area contributed by atoms with E-state index in [1.807, 2.05) is 31.2 Å². The third kappa shape index (κ3) is 4.59. The van der Waals surface area contributed by atoms with Crippen molar-refractivity contribution in [2.24, 2.45) is 0 Å². The molecule has 6 nitrogen and oxygen atoms in total. The number of ether oxygens (including phenoxy) is 2. The Kier molecular flexibility index (Phi) is 5.94. The molecule has 1 saturated carbocycles. The fourth-order valence-electron chi connectivity index (χ4n) is 4.75. The molecule has 0 unspecified atom stereocenters. The van der Waals surface area contributed by atoms with Crippen LogP contribution in [0.4, 0.5) is 23.7 Å². The number of nitrogens with zero attached hydrogens (tertiary/aromatic N) is 2. The highest BCUT2D eigenvalue weighted by molar-refractivity contribution is 5.91. The van der Waals surface area contributed by atoms with Crippen molar-refractivity contribution in [3.8, 4) is 5.75 Å². The van der Waals surface area contributed by atoms with E-state index in [4.69, 9.17) is 4.74 Å². The molecule has 2 heterocycles. The number of halogens is 4. The van der Waals surface area contributed by atoms with E-state index in [0.29, 0.717) is 30.4 Å². The Balaban J connectivity index is 0.00000259. The van der Waals surface area contributed by atoms with Crippen LogP contribution in [0.5, 0.6) is 5.75 Å². The Morgan fingerprint density at radius 3 is 2.61 bits per heavy atom. The van der Waals surface area contributed by atoms with Crippen molar-refractivity contribution < 1.29 is 27.4 Å². The molecule has 2 aliphatic rings. The molecule has 0 atom stereocenters. The van der Waals surface area contributed by atoms with E-state index in [9.17, 15) is 18.0 Å². The summed E-state index contributed by atoms with van der Waals surface area (Å²) >= 11 is 0. The van der Waals surface area contributed by atoms with Gasteiger partial charge in [-0.25, -0.2) is 9.78 Å². The summed E-state index contributed by atoms with van der Waals surface area (Å²) in [5.74, 6) is 0.560. The number of fused-ring (bicyclic) bond motifs is 1. The Bertz CT molecular complexity index is 1170. The van der Waals surface area contributed by atoms with Gasteiger partial charge in [-0.05, 0) is 56.4 Å². The summed E-state index contributed by atoms with van der Waals surface area (Å²) in [6.07, 6.45) is -2.13.